The van der Waals surface area contributed by atoms with Crippen LogP contribution in [0.3, 0.4) is 0 Å². The van der Waals surface area contributed by atoms with Gasteiger partial charge in [-0.15, -0.1) is 11.3 Å². The molecule has 0 spiro atoms. The molecule has 0 saturated heterocycles. The summed E-state index contributed by atoms with van der Waals surface area (Å²) in [5.41, 5.74) is 0.867. The molecule has 0 saturated carbocycles. The van der Waals surface area contributed by atoms with E-state index in [9.17, 15) is 8.78 Å². The molecular weight excluding hydrogens is 322 g/mol. The molecule has 0 atom stereocenters. The van der Waals surface area contributed by atoms with Crippen LogP contribution in [0.15, 0.2) is 59.9 Å². The molecule has 112 valence electrons. The lowest BCUT2D eigenvalue weighted by molar-refractivity contribution is 0.418. The molecule has 0 aliphatic carbocycles. The molecule has 0 amide bonds. The van der Waals surface area contributed by atoms with Gasteiger partial charge in [0.15, 0.2) is 5.16 Å². The molecule has 22 heavy (non-hydrogen) atoms. The third-order valence-corrected chi connectivity index (χ3v) is 4.99. The van der Waals surface area contributed by atoms with Crippen molar-refractivity contribution in [2.75, 3.05) is 5.75 Å². The fourth-order valence-electron chi connectivity index (χ4n) is 1.97. The van der Waals surface area contributed by atoms with Crippen molar-refractivity contribution in [1.29, 1.82) is 0 Å². The SMILES string of the molecule is FC(F)=CCCSc1nccc(-c2cc3ccccc3s2)n1. The lowest BCUT2D eigenvalue weighted by Crippen LogP contribution is -1.89. The standard InChI is InChI=1S/C16H12F2N2S2/c17-15(18)6-3-9-21-16-19-8-7-12(20-16)14-10-11-4-1-2-5-13(11)22-14/h1-2,4-8,10H,3,9H2. The van der Waals surface area contributed by atoms with Gasteiger partial charge in [-0.2, -0.15) is 8.78 Å². The maximum Gasteiger partial charge on any atom is 0.266 e. The monoisotopic (exact) mass is 334 g/mol. The number of thiophene rings is 1. The number of thioether (sulfide) groups is 1. The molecule has 0 bridgehead atoms. The molecule has 0 aliphatic rings. The van der Waals surface area contributed by atoms with Crippen molar-refractivity contribution in [3.8, 4) is 10.6 Å². The van der Waals surface area contributed by atoms with Gasteiger partial charge in [0.25, 0.3) is 6.08 Å². The number of nitrogens with zero attached hydrogens (tertiary/aromatic N) is 2. The highest BCUT2D eigenvalue weighted by Gasteiger charge is 2.07. The quantitative estimate of drug-likeness (QED) is 0.344. The molecule has 0 unspecified atom stereocenters. The molecule has 2 heterocycles. The van der Waals surface area contributed by atoms with Gasteiger partial charge in [0.05, 0.1) is 10.6 Å². The molecular formula is C16H12F2N2S2. The van der Waals surface area contributed by atoms with Crippen LogP contribution < -0.4 is 0 Å². The van der Waals surface area contributed by atoms with E-state index in [2.05, 4.69) is 28.2 Å². The number of fused-ring (bicyclic) bond motifs is 1. The Balaban J connectivity index is 1.77. The second-order valence-electron chi connectivity index (χ2n) is 4.50. The maximum atomic E-state index is 12.0. The number of rotatable bonds is 5. The summed E-state index contributed by atoms with van der Waals surface area (Å²) in [6, 6.07) is 12.2. The van der Waals surface area contributed by atoms with E-state index >= 15 is 0 Å². The first kappa shape index (κ1) is 15.1. The summed E-state index contributed by atoms with van der Waals surface area (Å²) in [4.78, 5) is 9.78. The third-order valence-electron chi connectivity index (χ3n) is 2.96. The molecule has 2 aromatic heterocycles. The van der Waals surface area contributed by atoms with Crippen LogP contribution in [0.2, 0.25) is 0 Å². The first-order valence-electron chi connectivity index (χ1n) is 6.68. The number of hydrogen-bond acceptors (Lipinski definition) is 4. The second kappa shape index (κ2) is 6.98. The summed E-state index contributed by atoms with van der Waals surface area (Å²) in [6.07, 6.45) is 1.30. The Morgan fingerprint density at radius 3 is 2.91 bits per heavy atom. The Bertz CT molecular complexity index is 778. The van der Waals surface area contributed by atoms with Gasteiger partial charge in [-0.25, -0.2) is 9.97 Å². The maximum absolute atomic E-state index is 12.0. The number of allylic oxidation sites excluding steroid dienone is 1. The number of benzene rings is 1. The van der Waals surface area contributed by atoms with Crippen molar-refractivity contribution in [3.05, 3.63) is 54.8 Å². The molecule has 2 nitrogen and oxygen atoms in total. The zero-order chi connectivity index (χ0) is 15.4. The van der Waals surface area contributed by atoms with E-state index in [0.29, 0.717) is 17.3 Å². The minimum Gasteiger partial charge on any atom is -0.231 e. The van der Waals surface area contributed by atoms with Gasteiger partial charge in [-0.05, 0) is 36.1 Å². The van der Waals surface area contributed by atoms with E-state index in [-0.39, 0.29) is 0 Å². The van der Waals surface area contributed by atoms with Crippen LogP contribution in [0.1, 0.15) is 6.42 Å². The minimum absolute atomic E-state index is 0.309. The van der Waals surface area contributed by atoms with Gasteiger partial charge in [-0.3, -0.25) is 0 Å². The Morgan fingerprint density at radius 1 is 1.23 bits per heavy atom. The fraction of sp³-hybridized carbons (Fsp3) is 0.125. The Labute approximate surface area is 134 Å². The normalized spacial score (nSPS) is 10.8. The molecule has 0 N–H and O–H groups in total. The Kier molecular flexibility index (Phi) is 4.80. The van der Waals surface area contributed by atoms with E-state index in [1.165, 1.54) is 21.8 Å². The van der Waals surface area contributed by atoms with E-state index in [4.69, 9.17) is 0 Å². The predicted octanol–water partition coefficient (Wildman–Crippen LogP) is 5.62. The van der Waals surface area contributed by atoms with Crippen molar-refractivity contribution in [2.24, 2.45) is 0 Å². The molecule has 3 aromatic rings. The van der Waals surface area contributed by atoms with Gasteiger partial charge < -0.3 is 0 Å². The van der Waals surface area contributed by atoms with Crippen molar-refractivity contribution in [1.82, 2.24) is 9.97 Å². The lowest BCUT2D eigenvalue weighted by atomic mass is 10.2. The molecule has 3 rings (SSSR count). The number of halogens is 2. The van der Waals surface area contributed by atoms with Crippen LogP contribution in [-0.2, 0) is 0 Å². The van der Waals surface area contributed by atoms with E-state index < -0.39 is 6.08 Å². The van der Waals surface area contributed by atoms with Crippen molar-refractivity contribution >= 4 is 33.2 Å². The summed E-state index contributed by atoms with van der Waals surface area (Å²) in [5, 5.41) is 1.81. The molecule has 1 aromatic carbocycles. The van der Waals surface area contributed by atoms with E-state index in [0.717, 1.165) is 16.6 Å². The van der Waals surface area contributed by atoms with Crippen LogP contribution in [0.4, 0.5) is 8.78 Å². The van der Waals surface area contributed by atoms with Gasteiger partial charge in [0.2, 0.25) is 0 Å². The van der Waals surface area contributed by atoms with Gasteiger partial charge in [0, 0.05) is 16.6 Å². The van der Waals surface area contributed by atoms with E-state index in [1.807, 2.05) is 18.2 Å². The highest BCUT2D eigenvalue weighted by atomic mass is 32.2. The van der Waals surface area contributed by atoms with Gasteiger partial charge >= 0.3 is 0 Å². The molecule has 6 heteroatoms. The summed E-state index contributed by atoms with van der Waals surface area (Å²) in [5.74, 6) is 0.535. The first-order valence-corrected chi connectivity index (χ1v) is 8.48. The smallest absolute Gasteiger partial charge is 0.231 e. The predicted molar refractivity (Wildman–Crippen MR) is 88.5 cm³/mol. The third kappa shape index (κ3) is 3.69. The summed E-state index contributed by atoms with van der Waals surface area (Å²) >= 11 is 3.07. The largest absolute Gasteiger partial charge is 0.266 e. The summed E-state index contributed by atoms with van der Waals surface area (Å²) < 4.78 is 25.2. The van der Waals surface area contributed by atoms with Crippen molar-refractivity contribution < 1.29 is 8.78 Å². The average Bonchev–Trinajstić information content (AvgIpc) is 2.96. The van der Waals surface area contributed by atoms with Gasteiger partial charge in [-0.1, -0.05) is 30.0 Å². The number of hydrogen-bond donors (Lipinski definition) is 0. The van der Waals surface area contributed by atoms with Crippen LogP contribution >= 0.6 is 23.1 Å². The van der Waals surface area contributed by atoms with Gasteiger partial charge in [0.1, 0.15) is 0 Å². The van der Waals surface area contributed by atoms with Crippen LogP contribution in [0.25, 0.3) is 20.7 Å². The van der Waals surface area contributed by atoms with Crippen LogP contribution in [0.5, 0.6) is 0 Å². The molecule has 0 fully saturated rings. The molecule has 0 radical (unpaired) electrons. The minimum atomic E-state index is -1.64. The fourth-order valence-corrected chi connectivity index (χ4v) is 3.72. The highest BCUT2D eigenvalue weighted by Crippen LogP contribution is 2.32. The number of aromatic nitrogens is 2. The summed E-state index contributed by atoms with van der Waals surface area (Å²) in [7, 11) is 0. The average molecular weight is 334 g/mol. The first-order chi connectivity index (χ1) is 10.7. The lowest BCUT2D eigenvalue weighted by Gasteiger charge is -2.00. The van der Waals surface area contributed by atoms with Crippen LogP contribution in [0, 0.1) is 0 Å². The van der Waals surface area contributed by atoms with Crippen LogP contribution in [-0.4, -0.2) is 15.7 Å². The van der Waals surface area contributed by atoms with E-state index in [1.54, 1.807) is 17.5 Å². The second-order valence-corrected chi connectivity index (χ2v) is 6.65. The van der Waals surface area contributed by atoms with Crippen molar-refractivity contribution in [3.63, 3.8) is 0 Å². The summed E-state index contributed by atoms with van der Waals surface area (Å²) in [6.45, 7) is 0. The molecule has 0 aliphatic heterocycles. The Morgan fingerprint density at radius 2 is 2.09 bits per heavy atom. The highest BCUT2D eigenvalue weighted by molar-refractivity contribution is 7.99. The Hall–Kier alpha value is -1.79. The topological polar surface area (TPSA) is 25.8 Å². The van der Waals surface area contributed by atoms with Crippen molar-refractivity contribution in [2.45, 2.75) is 11.6 Å². The zero-order valence-corrected chi connectivity index (χ0v) is 13.1. The zero-order valence-electron chi connectivity index (χ0n) is 11.5.